The molecule has 1 aromatic heterocycles. The van der Waals surface area contributed by atoms with Gasteiger partial charge in [-0.2, -0.15) is 0 Å². The van der Waals surface area contributed by atoms with Crippen LogP contribution in [0.1, 0.15) is 26.5 Å². The molecule has 1 rings (SSSR count). The fourth-order valence-electron chi connectivity index (χ4n) is 1.50. The van der Waals surface area contributed by atoms with Gasteiger partial charge >= 0.3 is 17.8 Å². The van der Waals surface area contributed by atoms with E-state index in [-0.39, 0.29) is 12.1 Å². The SMILES string of the molecule is CC(C)(C)OC(=O)NC(Cc1cc(=O)[nH]c(=O)[nH]1)C(=O)O. The largest absolute Gasteiger partial charge is 0.480 e. The lowest BCUT2D eigenvalue weighted by Gasteiger charge is -2.21. The number of aromatic amines is 2. The molecule has 1 atom stereocenters. The maximum Gasteiger partial charge on any atom is 0.408 e. The molecule has 116 valence electrons. The predicted octanol–water partition coefficient (Wildman–Crippen LogP) is -0.416. The first-order chi connectivity index (χ1) is 9.56. The third-order valence-electron chi connectivity index (χ3n) is 2.23. The van der Waals surface area contributed by atoms with E-state index in [0.717, 1.165) is 6.07 Å². The molecule has 0 aliphatic heterocycles. The summed E-state index contributed by atoms with van der Waals surface area (Å²) in [7, 11) is 0. The van der Waals surface area contributed by atoms with Crippen LogP contribution in [0.3, 0.4) is 0 Å². The minimum atomic E-state index is -1.34. The van der Waals surface area contributed by atoms with Gasteiger partial charge in [-0.3, -0.25) is 9.78 Å². The van der Waals surface area contributed by atoms with Crippen molar-refractivity contribution < 1.29 is 19.4 Å². The number of carboxylic acid groups (broad SMARTS) is 1. The Balaban J connectivity index is 2.83. The van der Waals surface area contributed by atoms with Gasteiger partial charge in [0.2, 0.25) is 0 Å². The van der Waals surface area contributed by atoms with Gasteiger partial charge in [-0.15, -0.1) is 0 Å². The number of amides is 1. The standard InChI is InChI=1S/C12H17N3O6/c1-12(2,3)21-11(20)14-7(9(17)18)4-6-5-8(16)15-10(19)13-6/h5,7H,4H2,1-3H3,(H,14,20)(H,17,18)(H2,13,15,16,19). The first-order valence-corrected chi connectivity index (χ1v) is 6.11. The molecule has 9 nitrogen and oxygen atoms in total. The molecule has 0 spiro atoms. The van der Waals surface area contributed by atoms with E-state index < -0.39 is 35.0 Å². The lowest BCUT2D eigenvalue weighted by molar-refractivity contribution is -0.139. The van der Waals surface area contributed by atoms with Gasteiger partial charge < -0.3 is 20.1 Å². The summed E-state index contributed by atoms with van der Waals surface area (Å²) in [6.07, 6.45) is -1.16. The third kappa shape index (κ3) is 5.93. The predicted molar refractivity (Wildman–Crippen MR) is 72.2 cm³/mol. The Morgan fingerprint density at radius 1 is 1.33 bits per heavy atom. The molecule has 0 saturated carbocycles. The molecule has 4 N–H and O–H groups in total. The molecule has 1 unspecified atom stereocenters. The van der Waals surface area contributed by atoms with Crippen LogP contribution < -0.4 is 16.6 Å². The van der Waals surface area contributed by atoms with E-state index in [1.165, 1.54) is 0 Å². The molecule has 1 heterocycles. The topological polar surface area (TPSA) is 141 Å². The van der Waals surface area contributed by atoms with Gasteiger partial charge in [0.05, 0.1) is 0 Å². The molecule has 0 aliphatic rings. The summed E-state index contributed by atoms with van der Waals surface area (Å²) in [5, 5.41) is 11.2. The summed E-state index contributed by atoms with van der Waals surface area (Å²) in [5.74, 6) is -1.32. The minimum absolute atomic E-state index is 0.0900. The zero-order chi connectivity index (χ0) is 16.2. The Kier molecular flexibility index (Phi) is 4.90. The fraction of sp³-hybridized carbons (Fsp3) is 0.500. The second-order valence-corrected chi connectivity index (χ2v) is 5.35. The molecule has 0 saturated heterocycles. The van der Waals surface area contributed by atoms with Gasteiger partial charge in [0.25, 0.3) is 5.56 Å². The molecule has 9 heteroatoms. The first kappa shape index (κ1) is 16.5. The van der Waals surface area contributed by atoms with Crippen molar-refractivity contribution in [3.8, 4) is 0 Å². The van der Waals surface area contributed by atoms with E-state index in [4.69, 9.17) is 9.84 Å². The highest BCUT2D eigenvalue weighted by Crippen LogP contribution is 2.07. The minimum Gasteiger partial charge on any atom is -0.480 e. The van der Waals surface area contributed by atoms with Crippen molar-refractivity contribution in [1.82, 2.24) is 15.3 Å². The van der Waals surface area contributed by atoms with Crippen molar-refractivity contribution in [3.05, 3.63) is 32.6 Å². The molecule has 0 aliphatic carbocycles. The fourth-order valence-corrected chi connectivity index (χ4v) is 1.50. The number of carbonyl (C=O) groups is 2. The van der Waals surface area contributed by atoms with Gasteiger partial charge in [0.15, 0.2) is 0 Å². The van der Waals surface area contributed by atoms with Crippen molar-refractivity contribution >= 4 is 12.1 Å². The number of H-pyrrole nitrogens is 2. The highest BCUT2D eigenvalue weighted by Gasteiger charge is 2.24. The summed E-state index contributed by atoms with van der Waals surface area (Å²) in [4.78, 5) is 49.2. The second-order valence-electron chi connectivity index (χ2n) is 5.35. The number of aliphatic carboxylic acids is 1. The third-order valence-corrected chi connectivity index (χ3v) is 2.23. The molecule has 21 heavy (non-hydrogen) atoms. The van der Waals surface area contributed by atoms with Crippen molar-refractivity contribution in [2.45, 2.75) is 38.8 Å². The maximum absolute atomic E-state index is 11.6. The molecular weight excluding hydrogens is 282 g/mol. The van der Waals surface area contributed by atoms with Crippen LogP contribution in [-0.2, 0) is 16.0 Å². The zero-order valence-electron chi connectivity index (χ0n) is 11.9. The van der Waals surface area contributed by atoms with Crippen LogP contribution in [0.4, 0.5) is 4.79 Å². The smallest absolute Gasteiger partial charge is 0.408 e. The van der Waals surface area contributed by atoms with Gasteiger partial charge in [0, 0.05) is 18.2 Å². The molecule has 0 fully saturated rings. The van der Waals surface area contributed by atoms with Crippen LogP contribution in [0.25, 0.3) is 0 Å². The molecule has 0 bridgehead atoms. The summed E-state index contributed by atoms with van der Waals surface area (Å²) < 4.78 is 4.95. The number of hydrogen-bond donors (Lipinski definition) is 4. The van der Waals surface area contributed by atoms with Gasteiger partial charge in [-0.1, -0.05) is 0 Å². The van der Waals surface area contributed by atoms with Crippen molar-refractivity contribution in [2.75, 3.05) is 0 Å². The molecule has 0 radical (unpaired) electrons. The quantitative estimate of drug-likeness (QED) is 0.595. The van der Waals surface area contributed by atoms with Crippen LogP contribution in [0.15, 0.2) is 15.7 Å². The maximum atomic E-state index is 11.6. The Bertz CT molecular complexity index is 611. The van der Waals surface area contributed by atoms with E-state index in [1.54, 1.807) is 20.8 Å². The number of carbonyl (C=O) groups excluding carboxylic acids is 1. The first-order valence-electron chi connectivity index (χ1n) is 6.11. The van der Waals surface area contributed by atoms with Crippen LogP contribution >= 0.6 is 0 Å². The molecule has 0 aromatic carbocycles. The molecule has 1 aromatic rings. The number of aromatic nitrogens is 2. The number of ether oxygens (including phenoxy) is 1. The Morgan fingerprint density at radius 2 is 1.95 bits per heavy atom. The van der Waals surface area contributed by atoms with Crippen LogP contribution in [0.2, 0.25) is 0 Å². The average Bonchev–Trinajstić information content (AvgIpc) is 2.23. The number of rotatable bonds is 4. The highest BCUT2D eigenvalue weighted by atomic mass is 16.6. The van der Waals surface area contributed by atoms with E-state index >= 15 is 0 Å². The van der Waals surface area contributed by atoms with Crippen molar-refractivity contribution in [2.24, 2.45) is 0 Å². The summed E-state index contributed by atoms with van der Waals surface area (Å²) in [5.41, 5.74) is -2.09. The highest BCUT2D eigenvalue weighted by molar-refractivity contribution is 5.80. The van der Waals surface area contributed by atoms with E-state index in [0.29, 0.717) is 0 Å². The molecule has 1 amide bonds. The summed E-state index contributed by atoms with van der Waals surface area (Å²) >= 11 is 0. The lowest BCUT2D eigenvalue weighted by atomic mass is 10.1. The number of nitrogens with one attached hydrogen (secondary N) is 3. The number of hydrogen-bond acceptors (Lipinski definition) is 5. The van der Waals surface area contributed by atoms with Crippen molar-refractivity contribution in [1.29, 1.82) is 0 Å². The van der Waals surface area contributed by atoms with E-state index in [2.05, 4.69) is 10.3 Å². The monoisotopic (exact) mass is 299 g/mol. The summed E-state index contributed by atoms with van der Waals surface area (Å²) in [6, 6.07) is -0.286. The summed E-state index contributed by atoms with van der Waals surface area (Å²) in [6.45, 7) is 4.91. The van der Waals surface area contributed by atoms with Crippen LogP contribution in [0.5, 0.6) is 0 Å². The van der Waals surface area contributed by atoms with Crippen LogP contribution in [0, 0.1) is 0 Å². The van der Waals surface area contributed by atoms with Gasteiger partial charge in [-0.05, 0) is 20.8 Å². The van der Waals surface area contributed by atoms with Crippen LogP contribution in [-0.4, -0.2) is 38.8 Å². The van der Waals surface area contributed by atoms with Crippen molar-refractivity contribution in [3.63, 3.8) is 0 Å². The van der Waals surface area contributed by atoms with Gasteiger partial charge in [0.1, 0.15) is 11.6 Å². The average molecular weight is 299 g/mol. The molecular formula is C12H17N3O6. The number of carboxylic acids is 1. The zero-order valence-corrected chi connectivity index (χ0v) is 11.9. The Labute approximate surface area is 119 Å². The normalized spacial score (nSPS) is 12.5. The van der Waals surface area contributed by atoms with Gasteiger partial charge in [-0.25, -0.2) is 14.4 Å². The number of alkyl carbamates (subject to hydrolysis) is 1. The second kappa shape index (κ2) is 6.25. The lowest BCUT2D eigenvalue weighted by Crippen LogP contribution is -2.45. The van der Waals surface area contributed by atoms with E-state index in [9.17, 15) is 19.2 Å². The van der Waals surface area contributed by atoms with E-state index in [1.807, 2.05) is 4.98 Å². The Hall–Kier alpha value is -2.58. The Morgan fingerprint density at radius 3 is 2.43 bits per heavy atom.